The van der Waals surface area contributed by atoms with Gasteiger partial charge in [-0.15, -0.1) is 0 Å². The third-order valence-electron chi connectivity index (χ3n) is 5.52. The molecule has 0 aliphatic carbocycles. The zero-order valence-electron chi connectivity index (χ0n) is 16.3. The summed E-state index contributed by atoms with van der Waals surface area (Å²) in [6.07, 6.45) is 14.9. The Morgan fingerprint density at radius 3 is 2.15 bits per heavy atom. The smallest absolute Gasteiger partial charge is 0.0498 e. The summed E-state index contributed by atoms with van der Waals surface area (Å²) in [6, 6.07) is 12.8. The van der Waals surface area contributed by atoms with Crippen LogP contribution in [0.15, 0.2) is 36.4 Å². The molecule has 26 heavy (non-hydrogen) atoms. The first-order valence-corrected chi connectivity index (χ1v) is 10.6. The number of aryl methyl sites for hydroxylation is 1. The molecule has 0 aliphatic heterocycles. The maximum absolute atomic E-state index is 6.18. The molecule has 2 nitrogen and oxygen atoms in total. The SMILES string of the molecule is CCCCCCCCCCCCc1cc(N)cc2c1[nH]c1ccccc12. The molecule has 3 aromatic rings. The third kappa shape index (κ3) is 4.81. The molecular weight excluding hydrogens is 316 g/mol. The van der Waals surface area contributed by atoms with Gasteiger partial charge in [-0.2, -0.15) is 0 Å². The average Bonchev–Trinajstić information content (AvgIpc) is 3.02. The van der Waals surface area contributed by atoms with Crippen molar-refractivity contribution < 1.29 is 0 Å². The van der Waals surface area contributed by atoms with Gasteiger partial charge in [0.1, 0.15) is 0 Å². The number of rotatable bonds is 11. The van der Waals surface area contributed by atoms with Crippen molar-refractivity contribution in [1.82, 2.24) is 4.98 Å². The first-order chi connectivity index (χ1) is 12.8. The fourth-order valence-corrected chi connectivity index (χ4v) is 4.05. The number of nitrogens with one attached hydrogen (secondary N) is 1. The van der Waals surface area contributed by atoms with Crippen LogP contribution in [-0.2, 0) is 6.42 Å². The van der Waals surface area contributed by atoms with Crippen molar-refractivity contribution in [3.8, 4) is 0 Å². The average molecular weight is 351 g/mol. The number of aromatic nitrogens is 1. The Morgan fingerprint density at radius 1 is 0.769 bits per heavy atom. The lowest BCUT2D eigenvalue weighted by molar-refractivity contribution is 0.556. The van der Waals surface area contributed by atoms with E-state index >= 15 is 0 Å². The Hall–Kier alpha value is -1.96. The van der Waals surface area contributed by atoms with E-state index in [0.717, 1.165) is 12.1 Å². The monoisotopic (exact) mass is 350 g/mol. The van der Waals surface area contributed by atoms with E-state index in [4.69, 9.17) is 5.73 Å². The van der Waals surface area contributed by atoms with Crippen LogP contribution in [0.2, 0.25) is 0 Å². The summed E-state index contributed by atoms with van der Waals surface area (Å²) in [5.74, 6) is 0. The summed E-state index contributed by atoms with van der Waals surface area (Å²) < 4.78 is 0. The highest BCUT2D eigenvalue weighted by molar-refractivity contribution is 6.09. The normalized spacial score (nSPS) is 11.6. The van der Waals surface area contributed by atoms with E-state index < -0.39 is 0 Å². The van der Waals surface area contributed by atoms with Crippen molar-refractivity contribution in [2.24, 2.45) is 0 Å². The summed E-state index contributed by atoms with van der Waals surface area (Å²) in [6.45, 7) is 2.28. The third-order valence-corrected chi connectivity index (χ3v) is 5.52. The molecule has 0 unspecified atom stereocenters. The molecule has 0 saturated carbocycles. The molecule has 0 aliphatic rings. The molecule has 1 heterocycles. The van der Waals surface area contributed by atoms with Crippen LogP contribution in [0, 0.1) is 0 Å². The van der Waals surface area contributed by atoms with Gasteiger partial charge in [0.05, 0.1) is 0 Å². The molecule has 2 heteroatoms. The quantitative estimate of drug-likeness (QED) is 0.275. The fraction of sp³-hybridized carbons (Fsp3) is 0.500. The van der Waals surface area contributed by atoms with Gasteiger partial charge >= 0.3 is 0 Å². The summed E-state index contributed by atoms with van der Waals surface area (Å²) >= 11 is 0. The number of benzene rings is 2. The van der Waals surface area contributed by atoms with Crippen LogP contribution in [0.25, 0.3) is 21.8 Å². The minimum atomic E-state index is 0.879. The summed E-state index contributed by atoms with van der Waals surface area (Å²) in [7, 11) is 0. The molecule has 140 valence electrons. The number of hydrogen-bond acceptors (Lipinski definition) is 1. The largest absolute Gasteiger partial charge is 0.399 e. The van der Waals surface area contributed by atoms with Crippen LogP contribution in [0.4, 0.5) is 5.69 Å². The lowest BCUT2D eigenvalue weighted by Crippen LogP contribution is -1.92. The maximum atomic E-state index is 6.18. The number of nitrogens with two attached hydrogens (primary N) is 1. The van der Waals surface area contributed by atoms with Crippen LogP contribution < -0.4 is 5.73 Å². The molecule has 0 saturated heterocycles. The number of H-pyrrole nitrogens is 1. The van der Waals surface area contributed by atoms with Crippen LogP contribution >= 0.6 is 0 Å². The second-order valence-electron chi connectivity index (χ2n) is 7.71. The van der Waals surface area contributed by atoms with Gasteiger partial charge in [0, 0.05) is 27.5 Å². The highest BCUT2D eigenvalue weighted by atomic mass is 14.7. The highest BCUT2D eigenvalue weighted by Gasteiger charge is 2.09. The molecule has 0 amide bonds. The number of para-hydroxylation sites is 1. The molecule has 0 fully saturated rings. The second kappa shape index (κ2) is 9.66. The highest BCUT2D eigenvalue weighted by Crippen LogP contribution is 2.30. The Balaban J connectivity index is 1.49. The molecule has 1 aromatic heterocycles. The van der Waals surface area contributed by atoms with Gasteiger partial charge in [0.15, 0.2) is 0 Å². The molecular formula is C24H34N2. The molecule has 0 atom stereocenters. The van der Waals surface area contributed by atoms with E-state index in [2.05, 4.69) is 48.3 Å². The molecule has 3 rings (SSSR count). The predicted molar refractivity (Wildman–Crippen MR) is 116 cm³/mol. The van der Waals surface area contributed by atoms with E-state index in [1.165, 1.54) is 91.6 Å². The number of anilines is 1. The predicted octanol–water partition coefficient (Wildman–Crippen LogP) is 7.37. The number of aromatic amines is 1. The van der Waals surface area contributed by atoms with E-state index in [1.807, 2.05) is 0 Å². The maximum Gasteiger partial charge on any atom is 0.0498 e. The van der Waals surface area contributed by atoms with Crippen LogP contribution in [-0.4, -0.2) is 4.98 Å². The standard InChI is InChI=1S/C24H34N2/c1-2-3-4-5-6-7-8-9-10-11-14-19-17-20(25)18-22-21-15-12-13-16-23(21)26-24(19)22/h12-13,15-18,26H,2-11,14,25H2,1H3. The Kier molecular flexibility index (Phi) is 6.99. The molecule has 0 radical (unpaired) electrons. The second-order valence-corrected chi connectivity index (χ2v) is 7.71. The molecule has 0 bridgehead atoms. The Bertz CT molecular complexity index is 816. The summed E-state index contributed by atoms with van der Waals surface area (Å²) in [5.41, 5.74) is 10.9. The lowest BCUT2D eigenvalue weighted by atomic mass is 10.0. The minimum absolute atomic E-state index is 0.879. The first-order valence-electron chi connectivity index (χ1n) is 10.6. The number of hydrogen-bond donors (Lipinski definition) is 2. The zero-order valence-corrected chi connectivity index (χ0v) is 16.3. The van der Waals surface area contributed by atoms with Gasteiger partial charge in [0.2, 0.25) is 0 Å². The number of fused-ring (bicyclic) bond motifs is 3. The Morgan fingerprint density at radius 2 is 1.42 bits per heavy atom. The van der Waals surface area contributed by atoms with Gasteiger partial charge in [-0.1, -0.05) is 82.9 Å². The van der Waals surface area contributed by atoms with Crippen molar-refractivity contribution >= 4 is 27.5 Å². The van der Waals surface area contributed by atoms with Crippen molar-refractivity contribution in [2.75, 3.05) is 5.73 Å². The minimum Gasteiger partial charge on any atom is -0.399 e. The molecule has 0 spiro atoms. The van der Waals surface area contributed by atoms with Gasteiger partial charge in [-0.25, -0.2) is 0 Å². The number of nitrogen functional groups attached to an aromatic ring is 1. The Labute approximate surface area is 158 Å². The van der Waals surface area contributed by atoms with Gasteiger partial charge in [-0.05, 0) is 36.6 Å². The number of unbranched alkanes of at least 4 members (excludes halogenated alkanes) is 9. The van der Waals surface area contributed by atoms with E-state index in [1.54, 1.807) is 0 Å². The van der Waals surface area contributed by atoms with Crippen molar-refractivity contribution in [3.63, 3.8) is 0 Å². The van der Waals surface area contributed by atoms with Crippen molar-refractivity contribution in [3.05, 3.63) is 42.0 Å². The zero-order chi connectivity index (χ0) is 18.2. The lowest BCUT2D eigenvalue weighted by Gasteiger charge is -2.06. The van der Waals surface area contributed by atoms with Gasteiger partial charge in [0.25, 0.3) is 0 Å². The molecule has 3 N–H and O–H groups in total. The summed E-state index contributed by atoms with van der Waals surface area (Å²) in [5, 5.41) is 2.54. The van der Waals surface area contributed by atoms with Gasteiger partial charge in [-0.3, -0.25) is 0 Å². The topological polar surface area (TPSA) is 41.8 Å². The van der Waals surface area contributed by atoms with Gasteiger partial charge < -0.3 is 10.7 Å². The summed E-state index contributed by atoms with van der Waals surface area (Å²) in [4.78, 5) is 3.60. The fourth-order valence-electron chi connectivity index (χ4n) is 4.05. The van der Waals surface area contributed by atoms with E-state index in [0.29, 0.717) is 0 Å². The van der Waals surface area contributed by atoms with Crippen LogP contribution in [0.5, 0.6) is 0 Å². The van der Waals surface area contributed by atoms with Crippen LogP contribution in [0.3, 0.4) is 0 Å². The van der Waals surface area contributed by atoms with E-state index in [9.17, 15) is 0 Å². The van der Waals surface area contributed by atoms with Crippen LogP contribution in [0.1, 0.15) is 76.7 Å². The molecule has 2 aromatic carbocycles. The first kappa shape index (κ1) is 18.8. The van der Waals surface area contributed by atoms with Crippen molar-refractivity contribution in [2.45, 2.75) is 77.6 Å². The van der Waals surface area contributed by atoms with E-state index in [-0.39, 0.29) is 0 Å². The van der Waals surface area contributed by atoms with Crippen molar-refractivity contribution in [1.29, 1.82) is 0 Å².